The number of nitrogens with one attached hydrogen (secondary N) is 1. The van der Waals surface area contributed by atoms with Gasteiger partial charge in [-0.15, -0.1) is 0 Å². The molecule has 1 aliphatic rings. The number of nitrogens with two attached hydrogens (primary N) is 1. The van der Waals surface area contributed by atoms with E-state index in [4.69, 9.17) is 10.2 Å². The van der Waals surface area contributed by atoms with E-state index < -0.39 is 0 Å². The van der Waals surface area contributed by atoms with Crippen molar-refractivity contribution in [2.24, 2.45) is 17.6 Å². The van der Waals surface area contributed by atoms with E-state index in [0.717, 1.165) is 6.42 Å². The summed E-state index contributed by atoms with van der Waals surface area (Å²) in [5, 5.41) is 3.06. The van der Waals surface area contributed by atoms with Crippen LogP contribution in [0.15, 0.2) is 10.7 Å². The molecule has 1 fully saturated rings. The minimum absolute atomic E-state index is 0.156. The Kier molecular flexibility index (Phi) is 4.01. The zero-order valence-electron chi connectivity index (χ0n) is 11.0. The van der Waals surface area contributed by atoms with Gasteiger partial charge >= 0.3 is 0 Å². The molecule has 0 radical (unpaired) electrons. The molecule has 0 aromatic carbocycles. The van der Waals surface area contributed by atoms with Gasteiger partial charge in [-0.05, 0) is 24.7 Å². The first-order chi connectivity index (χ1) is 8.61. The second-order valence-corrected chi connectivity index (χ2v) is 5.25. The summed E-state index contributed by atoms with van der Waals surface area (Å²) in [5.41, 5.74) is 5.72. The zero-order chi connectivity index (χ0) is 13.1. The Morgan fingerprint density at radius 1 is 1.61 bits per heavy atom. The van der Waals surface area contributed by atoms with Crippen LogP contribution in [0.25, 0.3) is 0 Å². The molecule has 1 aromatic rings. The minimum Gasteiger partial charge on any atom is -0.447 e. The van der Waals surface area contributed by atoms with Crippen molar-refractivity contribution in [3.05, 3.63) is 17.8 Å². The van der Waals surface area contributed by atoms with Gasteiger partial charge in [0.1, 0.15) is 6.26 Å². The van der Waals surface area contributed by atoms with E-state index >= 15 is 0 Å². The first-order valence-electron chi connectivity index (χ1n) is 6.57. The van der Waals surface area contributed by atoms with Gasteiger partial charge in [-0.1, -0.05) is 20.3 Å². The molecule has 0 spiro atoms. The lowest BCUT2D eigenvalue weighted by molar-refractivity contribution is 0.0916. The number of carbonyl (C=O) groups is 1. The highest BCUT2D eigenvalue weighted by atomic mass is 16.3. The molecule has 0 bridgehead atoms. The Hall–Kier alpha value is -1.36. The molecule has 2 rings (SSSR count). The molecular weight excluding hydrogens is 230 g/mol. The van der Waals surface area contributed by atoms with Gasteiger partial charge in [0, 0.05) is 6.04 Å². The molecule has 1 saturated carbocycles. The zero-order valence-corrected chi connectivity index (χ0v) is 11.0. The normalized spacial score (nSPS) is 23.6. The maximum Gasteiger partial charge on any atom is 0.273 e. The summed E-state index contributed by atoms with van der Waals surface area (Å²) in [5.74, 6) is 1.40. The molecule has 2 atom stereocenters. The molecule has 18 heavy (non-hydrogen) atoms. The number of hydrogen-bond donors (Lipinski definition) is 2. The molecule has 1 aliphatic carbocycles. The monoisotopic (exact) mass is 251 g/mol. The van der Waals surface area contributed by atoms with E-state index in [1.165, 1.54) is 19.1 Å². The van der Waals surface area contributed by atoms with Crippen LogP contribution in [0.5, 0.6) is 0 Å². The third kappa shape index (κ3) is 2.72. The number of amides is 1. The summed E-state index contributed by atoms with van der Waals surface area (Å²) < 4.78 is 5.08. The largest absolute Gasteiger partial charge is 0.447 e. The van der Waals surface area contributed by atoms with Crippen molar-refractivity contribution in [2.45, 2.75) is 45.7 Å². The lowest BCUT2D eigenvalue weighted by atomic mass is 9.91. The van der Waals surface area contributed by atoms with Crippen molar-refractivity contribution in [1.82, 2.24) is 10.3 Å². The van der Waals surface area contributed by atoms with Crippen molar-refractivity contribution in [2.75, 3.05) is 0 Å². The molecule has 5 heteroatoms. The Morgan fingerprint density at radius 3 is 3.00 bits per heavy atom. The van der Waals surface area contributed by atoms with Gasteiger partial charge in [0.05, 0.1) is 6.54 Å². The number of rotatable bonds is 4. The third-order valence-corrected chi connectivity index (χ3v) is 3.70. The van der Waals surface area contributed by atoms with Crippen LogP contribution in [0.4, 0.5) is 0 Å². The van der Waals surface area contributed by atoms with Gasteiger partial charge in [0.25, 0.3) is 5.91 Å². The van der Waals surface area contributed by atoms with Crippen LogP contribution in [0, 0.1) is 11.8 Å². The second-order valence-electron chi connectivity index (χ2n) is 5.25. The highest BCUT2D eigenvalue weighted by molar-refractivity contribution is 5.92. The summed E-state index contributed by atoms with van der Waals surface area (Å²) in [6.45, 7) is 4.63. The molecule has 0 saturated heterocycles. The summed E-state index contributed by atoms with van der Waals surface area (Å²) in [6, 6.07) is 0.260. The van der Waals surface area contributed by atoms with Gasteiger partial charge in [-0.2, -0.15) is 0 Å². The quantitative estimate of drug-likeness (QED) is 0.853. The summed E-state index contributed by atoms with van der Waals surface area (Å²) in [4.78, 5) is 16.1. The minimum atomic E-state index is -0.156. The summed E-state index contributed by atoms with van der Waals surface area (Å²) in [7, 11) is 0. The predicted molar refractivity (Wildman–Crippen MR) is 67.8 cm³/mol. The standard InChI is InChI=1S/C13H21N3O2/c1-8(2)9-4-3-5-10(9)16-13(17)11-7-18-12(6-14)15-11/h7-10H,3-6,14H2,1-2H3,(H,16,17). The van der Waals surface area contributed by atoms with Crippen molar-refractivity contribution >= 4 is 5.91 Å². The molecule has 5 nitrogen and oxygen atoms in total. The molecule has 1 aromatic heterocycles. The maximum atomic E-state index is 12.0. The predicted octanol–water partition coefficient (Wildman–Crippen LogP) is 1.69. The van der Waals surface area contributed by atoms with E-state index in [9.17, 15) is 4.79 Å². The number of carbonyl (C=O) groups excluding carboxylic acids is 1. The molecule has 2 unspecified atom stereocenters. The first-order valence-corrected chi connectivity index (χ1v) is 6.57. The topological polar surface area (TPSA) is 81.2 Å². The number of oxazole rings is 1. The lowest BCUT2D eigenvalue weighted by Crippen LogP contribution is -2.39. The highest BCUT2D eigenvalue weighted by Crippen LogP contribution is 2.31. The fourth-order valence-corrected chi connectivity index (χ4v) is 2.72. The van der Waals surface area contributed by atoms with Crippen LogP contribution in [0.3, 0.4) is 0 Å². The first kappa shape index (κ1) is 13.1. The Labute approximate surface area is 107 Å². The third-order valence-electron chi connectivity index (χ3n) is 3.70. The van der Waals surface area contributed by atoms with Crippen molar-refractivity contribution in [3.63, 3.8) is 0 Å². The van der Waals surface area contributed by atoms with E-state index in [0.29, 0.717) is 23.4 Å². The lowest BCUT2D eigenvalue weighted by Gasteiger charge is -2.23. The molecule has 1 heterocycles. The fourth-order valence-electron chi connectivity index (χ4n) is 2.72. The number of aromatic nitrogens is 1. The molecule has 1 amide bonds. The van der Waals surface area contributed by atoms with E-state index in [1.807, 2.05) is 0 Å². The average Bonchev–Trinajstić information content (AvgIpc) is 2.96. The highest BCUT2D eigenvalue weighted by Gasteiger charge is 2.31. The van der Waals surface area contributed by atoms with Crippen LogP contribution in [-0.4, -0.2) is 16.9 Å². The van der Waals surface area contributed by atoms with Crippen LogP contribution in [0.1, 0.15) is 49.5 Å². The van der Waals surface area contributed by atoms with Gasteiger partial charge in [-0.25, -0.2) is 4.98 Å². The van der Waals surface area contributed by atoms with Crippen molar-refractivity contribution in [3.8, 4) is 0 Å². The second kappa shape index (κ2) is 5.52. The van der Waals surface area contributed by atoms with Crippen LogP contribution in [-0.2, 0) is 6.54 Å². The van der Waals surface area contributed by atoms with Crippen molar-refractivity contribution in [1.29, 1.82) is 0 Å². The van der Waals surface area contributed by atoms with Gasteiger partial charge in [0.2, 0.25) is 5.89 Å². The molecular formula is C13H21N3O2. The Bertz CT molecular complexity index is 414. The van der Waals surface area contributed by atoms with Gasteiger partial charge in [-0.3, -0.25) is 4.79 Å². The van der Waals surface area contributed by atoms with E-state index in [-0.39, 0.29) is 18.5 Å². The Balaban J connectivity index is 1.98. The van der Waals surface area contributed by atoms with Gasteiger partial charge in [0.15, 0.2) is 5.69 Å². The molecule has 100 valence electrons. The van der Waals surface area contributed by atoms with E-state index in [2.05, 4.69) is 24.1 Å². The summed E-state index contributed by atoms with van der Waals surface area (Å²) in [6.07, 6.45) is 4.79. The van der Waals surface area contributed by atoms with Crippen molar-refractivity contribution < 1.29 is 9.21 Å². The molecule has 0 aliphatic heterocycles. The number of hydrogen-bond acceptors (Lipinski definition) is 4. The van der Waals surface area contributed by atoms with Gasteiger partial charge < -0.3 is 15.5 Å². The smallest absolute Gasteiger partial charge is 0.273 e. The van der Waals surface area contributed by atoms with E-state index in [1.54, 1.807) is 0 Å². The summed E-state index contributed by atoms with van der Waals surface area (Å²) >= 11 is 0. The molecule has 3 N–H and O–H groups in total. The van der Waals surface area contributed by atoms with Crippen LogP contribution < -0.4 is 11.1 Å². The average molecular weight is 251 g/mol. The van der Waals surface area contributed by atoms with Crippen LogP contribution in [0.2, 0.25) is 0 Å². The van der Waals surface area contributed by atoms with Crippen LogP contribution >= 0.6 is 0 Å². The SMILES string of the molecule is CC(C)C1CCCC1NC(=O)c1coc(CN)n1. The maximum absolute atomic E-state index is 12.0. The number of nitrogens with zero attached hydrogens (tertiary/aromatic N) is 1. The Morgan fingerprint density at radius 2 is 2.39 bits per heavy atom. The fraction of sp³-hybridized carbons (Fsp3) is 0.692.